The maximum Gasteiger partial charge on any atom is 0.145 e. The van der Waals surface area contributed by atoms with Gasteiger partial charge in [0.15, 0.2) is 0 Å². The molecule has 0 atom stereocenters. The number of anilines is 1. The highest BCUT2D eigenvalue weighted by Crippen LogP contribution is 2.21. The third-order valence-electron chi connectivity index (χ3n) is 2.79. The standard InChI is InChI=1S/C13H14FN5.ClH/c14-9-3-5-10(6-4-9)19-13(17)11(8-16)12(18-19)2-1-7-15;/h3-6H,1-2,7,15,17H2;1H. The molecule has 0 fully saturated rings. The molecular formula is C13H15ClFN5. The van der Waals surface area contributed by atoms with Crippen LogP contribution in [-0.2, 0) is 6.42 Å². The van der Waals surface area contributed by atoms with Gasteiger partial charge in [-0.25, -0.2) is 9.07 Å². The van der Waals surface area contributed by atoms with E-state index in [1.54, 1.807) is 12.1 Å². The summed E-state index contributed by atoms with van der Waals surface area (Å²) in [5.74, 6) is -0.0699. The van der Waals surface area contributed by atoms with Crippen LogP contribution in [-0.4, -0.2) is 16.3 Å². The van der Waals surface area contributed by atoms with Crippen LogP contribution in [0, 0.1) is 17.1 Å². The van der Waals surface area contributed by atoms with E-state index in [2.05, 4.69) is 11.2 Å². The molecule has 1 aromatic heterocycles. The minimum atomic E-state index is -0.335. The average Bonchev–Trinajstić information content (AvgIpc) is 2.73. The van der Waals surface area contributed by atoms with Crippen molar-refractivity contribution in [3.05, 3.63) is 41.3 Å². The predicted octanol–water partition coefficient (Wildman–Crippen LogP) is 1.78. The first-order chi connectivity index (χ1) is 9.17. The summed E-state index contributed by atoms with van der Waals surface area (Å²) >= 11 is 0. The molecular weight excluding hydrogens is 281 g/mol. The number of halogens is 2. The van der Waals surface area contributed by atoms with Gasteiger partial charge in [-0.15, -0.1) is 12.4 Å². The topological polar surface area (TPSA) is 93.6 Å². The zero-order valence-electron chi connectivity index (χ0n) is 10.7. The number of nitriles is 1. The molecule has 0 bridgehead atoms. The lowest BCUT2D eigenvalue weighted by atomic mass is 10.1. The Hall–Kier alpha value is -2.10. The number of nitrogens with zero attached hydrogens (tertiary/aromatic N) is 3. The van der Waals surface area contributed by atoms with Crippen molar-refractivity contribution in [1.29, 1.82) is 5.26 Å². The summed E-state index contributed by atoms with van der Waals surface area (Å²) in [6.45, 7) is 0.522. The molecule has 0 spiro atoms. The Labute approximate surface area is 122 Å². The molecule has 0 amide bonds. The van der Waals surface area contributed by atoms with Gasteiger partial charge in [0, 0.05) is 0 Å². The van der Waals surface area contributed by atoms with Crippen molar-refractivity contribution in [3.8, 4) is 11.8 Å². The van der Waals surface area contributed by atoms with Gasteiger partial charge >= 0.3 is 0 Å². The molecule has 106 valence electrons. The maximum absolute atomic E-state index is 12.9. The van der Waals surface area contributed by atoms with Crippen molar-refractivity contribution in [2.45, 2.75) is 12.8 Å². The van der Waals surface area contributed by atoms with Gasteiger partial charge in [0.1, 0.15) is 23.3 Å². The van der Waals surface area contributed by atoms with Crippen molar-refractivity contribution >= 4 is 18.2 Å². The van der Waals surface area contributed by atoms with Gasteiger partial charge in [-0.2, -0.15) is 10.4 Å². The lowest BCUT2D eigenvalue weighted by Gasteiger charge is -2.03. The fraction of sp³-hybridized carbons (Fsp3) is 0.231. The first-order valence-electron chi connectivity index (χ1n) is 5.91. The van der Waals surface area contributed by atoms with Crippen LogP contribution in [0.2, 0.25) is 0 Å². The van der Waals surface area contributed by atoms with Crippen molar-refractivity contribution in [1.82, 2.24) is 9.78 Å². The van der Waals surface area contributed by atoms with E-state index < -0.39 is 0 Å². The number of hydrogen-bond donors (Lipinski definition) is 2. The lowest BCUT2D eigenvalue weighted by molar-refractivity contribution is 0.627. The van der Waals surface area contributed by atoms with Crippen LogP contribution in [0.15, 0.2) is 24.3 Å². The van der Waals surface area contributed by atoms with E-state index in [0.717, 1.165) is 6.42 Å². The number of aromatic nitrogens is 2. The molecule has 0 aliphatic carbocycles. The summed E-state index contributed by atoms with van der Waals surface area (Å²) < 4.78 is 14.3. The minimum Gasteiger partial charge on any atom is -0.382 e. The van der Waals surface area contributed by atoms with E-state index in [9.17, 15) is 4.39 Å². The fourth-order valence-electron chi connectivity index (χ4n) is 1.82. The van der Waals surface area contributed by atoms with E-state index >= 15 is 0 Å². The van der Waals surface area contributed by atoms with Crippen molar-refractivity contribution in [2.75, 3.05) is 12.3 Å². The van der Waals surface area contributed by atoms with Gasteiger partial charge in [0.25, 0.3) is 0 Å². The molecule has 5 nitrogen and oxygen atoms in total. The average molecular weight is 296 g/mol. The molecule has 7 heteroatoms. The van der Waals surface area contributed by atoms with Crippen LogP contribution in [0.3, 0.4) is 0 Å². The summed E-state index contributed by atoms with van der Waals surface area (Å²) in [6.07, 6.45) is 1.33. The molecule has 1 aromatic carbocycles. The molecule has 0 saturated heterocycles. The van der Waals surface area contributed by atoms with Crippen LogP contribution in [0.1, 0.15) is 17.7 Å². The Morgan fingerprint density at radius 1 is 1.30 bits per heavy atom. The fourth-order valence-corrected chi connectivity index (χ4v) is 1.82. The predicted molar refractivity (Wildman–Crippen MR) is 77.3 cm³/mol. The van der Waals surface area contributed by atoms with E-state index in [1.807, 2.05) is 0 Å². The molecule has 1 heterocycles. The third-order valence-corrected chi connectivity index (χ3v) is 2.79. The second-order valence-electron chi connectivity index (χ2n) is 4.10. The molecule has 0 aliphatic rings. The SMILES string of the molecule is Cl.N#Cc1c(CCCN)nn(-c2ccc(F)cc2)c1N. The van der Waals surface area contributed by atoms with E-state index in [-0.39, 0.29) is 24.0 Å². The van der Waals surface area contributed by atoms with Gasteiger partial charge < -0.3 is 11.5 Å². The molecule has 20 heavy (non-hydrogen) atoms. The van der Waals surface area contributed by atoms with Gasteiger partial charge in [0.05, 0.1) is 11.4 Å². The zero-order valence-corrected chi connectivity index (χ0v) is 11.5. The maximum atomic E-state index is 12.9. The van der Waals surface area contributed by atoms with E-state index in [4.69, 9.17) is 16.7 Å². The molecule has 2 aromatic rings. The first-order valence-corrected chi connectivity index (χ1v) is 5.91. The van der Waals surface area contributed by atoms with Crippen LogP contribution >= 0.6 is 12.4 Å². The smallest absolute Gasteiger partial charge is 0.145 e. The number of aryl methyl sites for hydroxylation is 1. The first kappa shape index (κ1) is 16.0. The van der Waals surface area contributed by atoms with E-state index in [0.29, 0.717) is 29.9 Å². The Bertz CT molecular complexity index is 615. The number of rotatable bonds is 4. The number of nitrogens with two attached hydrogens (primary N) is 2. The monoisotopic (exact) mass is 295 g/mol. The van der Waals surface area contributed by atoms with Crippen molar-refractivity contribution in [2.24, 2.45) is 5.73 Å². The van der Waals surface area contributed by atoms with Gasteiger partial charge in [-0.1, -0.05) is 0 Å². The molecule has 4 N–H and O–H groups in total. The van der Waals surface area contributed by atoms with Gasteiger partial charge in [0.2, 0.25) is 0 Å². The summed E-state index contributed by atoms with van der Waals surface area (Å²) in [5, 5.41) is 13.4. The van der Waals surface area contributed by atoms with Gasteiger partial charge in [-0.05, 0) is 43.7 Å². The van der Waals surface area contributed by atoms with Crippen LogP contribution in [0.4, 0.5) is 10.2 Å². The van der Waals surface area contributed by atoms with Crippen molar-refractivity contribution in [3.63, 3.8) is 0 Å². The van der Waals surface area contributed by atoms with Crippen molar-refractivity contribution < 1.29 is 4.39 Å². The Kier molecular flexibility index (Phi) is 5.50. The molecule has 0 unspecified atom stereocenters. The number of nitrogen functional groups attached to an aromatic ring is 1. The van der Waals surface area contributed by atoms with Gasteiger partial charge in [-0.3, -0.25) is 0 Å². The number of benzene rings is 1. The Balaban J connectivity index is 0.00000200. The van der Waals surface area contributed by atoms with Crippen LogP contribution < -0.4 is 11.5 Å². The minimum absolute atomic E-state index is 0. The summed E-state index contributed by atoms with van der Waals surface area (Å²) in [7, 11) is 0. The van der Waals surface area contributed by atoms with Crippen LogP contribution in [0.25, 0.3) is 5.69 Å². The number of hydrogen-bond acceptors (Lipinski definition) is 4. The largest absolute Gasteiger partial charge is 0.382 e. The second kappa shape index (κ2) is 6.89. The lowest BCUT2D eigenvalue weighted by Crippen LogP contribution is -2.03. The van der Waals surface area contributed by atoms with E-state index in [1.165, 1.54) is 16.8 Å². The Morgan fingerprint density at radius 2 is 1.95 bits per heavy atom. The highest BCUT2D eigenvalue weighted by atomic mass is 35.5. The summed E-state index contributed by atoms with van der Waals surface area (Å²) in [5.41, 5.74) is 13.0. The molecule has 0 aliphatic heterocycles. The molecule has 0 saturated carbocycles. The second-order valence-corrected chi connectivity index (χ2v) is 4.10. The normalized spacial score (nSPS) is 9.85. The quantitative estimate of drug-likeness (QED) is 0.899. The molecule has 2 rings (SSSR count). The third kappa shape index (κ3) is 3.07. The Morgan fingerprint density at radius 3 is 2.50 bits per heavy atom. The highest BCUT2D eigenvalue weighted by molar-refractivity contribution is 5.85. The zero-order chi connectivity index (χ0) is 13.8. The summed E-state index contributed by atoms with van der Waals surface area (Å²) in [6, 6.07) is 7.82. The summed E-state index contributed by atoms with van der Waals surface area (Å²) in [4.78, 5) is 0. The molecule has 0 radical (unpaired) electrons. The highest BCUT2D eigenvalue weighted by Gasteiger charge is 2.15. The van der Waals surface area contributed by atoms with Crippen LogP contribution in [0.5, 0.6) is 0 Å².